The molecule has 3 nitrogen and oxygen atoms in total. The highest BCUT2D eigenvalue weighted by Crippen LogP contribution is 2.15. The summed E-state index contributed by atoms with van der Waals surface area (Å²) in [6, 6.07) is 10.5. The Morgan fingerprint density at radius 1 is 1.05 bits per heavy atom. The summed E-state index contributed by atoms with van der Waals surface area (Å²) < 4.78 is 0. The van der Waals surface area contributed by atoms with Gasteiger partial charge >= 0.3 is 0 Å². The Morgan fingerprint density at radius 3 is 2.40 bits per heavy atom. The second-order valence-corrected chi connectivity index (χ2v) is 5.25. The minimum atomic E-state index is 1.08. The van der Waals surface area contributed by atoms with Crippen molar-refractivity contribution >= 4 is 11.5 Å². The number of para-hydroxylation sites is 1. The largest absolute Gasteiger partial charge is 0.372 e. The molecule has 0 amide bonds. The van der Waals surface area contributed by atoms with E-state index in [1.54, 1.807) is 0 Å². The van der Waals surface area contributed by atoms with Crippen LogP contribution in [0.1, 0.15) is 33.1 Å². The van der Waals surface area contributed by atoms with E-state index < -0.39 is 0 Å². The number of benzene rings is 1. The molecule has 0 atom stereocenters. The first-order valence-electron chi connectivity index (χ1n) is 7.93. The molecule has 0 saturated carbocycles. The van der Waals surface area contributed by atoms with E-state index in [0.717, 1.165) is 19.6 Å². The predicted octanol–water partition coefficient (Wildman–Crippen LogP) is 3.42. The molecular formula is C17H27N3. The van der Waals surface area contributed by atoms with Crippen molar-refractivity contribution in [3.05, 3.63) is 30.3 Å². The Labute approximate surface area is 123 Å². The number of hydrogen-bond donors (Lipinski definition) is 0. The summed E-state index contributed by atoms with van der Waals surface area (Å²) in [4.78, 5) is 9.19. The second-order valence-electron chi connectivity index (χ2n) is 5.25. The lowest BCUT2D eigenvalue weighted by atomic mass is 10.3. The SMILES string of the molecule is C1CN=C2CCCN2C1.CCN(CC)c1ccccc1. The minimum Gasteiger partial charge on any atom is -0.372 e. The van der Waals surface area contributed by atoms with Crippen LogP contribution in [-0.2, 0) is 0 Å². The highest BCUT2D eigenvalue weighted by Gasteiger charge is 2.19. The van der Waals surface area contributed by atoms with Crippen LogP contribution < -0.4 is 4.90 Å². The Bertz CT molecular complexity index is 410. The van der Waals surface area contributed by atoms with Gasteiger partial charge in [-0.2, -0.15) is 0 Å². The number of aliphatic imine (C=N–C) groups is 1. The summed E-state index contributed by atoms with van der Waals surface area (Å²) in [5.74, 6) is 1.38. The molecule has 3 heteroatoms. The molecule has 2 heterocycles. The van der Waals surface area contributed by atoms with Crippen LogP contribution in [0.3, 0.4) is 0 Å². The van der Waals surface area contributed by atoms with Gasteiger partial charge in [0.2, 0.25) is 0 Å². The lowest BCUT2D eigenvalue weighted by molar-refractivity contribution is 0.427. The lowest BCUT2D eigenvalue weighted by Crippen LogP contribution is -2.29. The van der Waals surface area contributed by atoms with Gasteiger partial charge in [-0.05, 0) is 38.8 Å². The highest BCUT2D eigenvalue weighted by atomic mass is 15.2. The normalized spacial score (nSPS) is 16.9. The maximum atomic E-state index is 4.43. The molecule has 0 unspecified atom stereocenters. The molecule has 0 aromatic heterocycles. The van der Waals surface area contributed by atoms with Crippen LogP contribution in [0.4, 0.5) is 5.69 Å². The van der Waals surface area contributed by atoms with Gasteiger partial charge in [0.25, 0.3) is 0 Å². The number of amidine groups is 1. The van der Waals surface area contributed by atoms with Crippen molar-refractivity contribution in [1.82, 2.24) is 4.90 Å². The molecule has 0 N–H and O–H groups in total. The third-order valence-corrected chi connectivity index (χ3v) is 3.96. The molecule has 20 heavy (non-hydrogen) atoms. The molecule has 1 aromatic carbocycles. The van der Waals surface area contributed by atoms with Gasteiger partial charge < -0.3 is 9.80 Å². The van der Waals surface area contributed by atoms with Crippen molar-refractivity contribution in [2.24, 2.45) is 4.99 Å². The highest BCUT2D eigenvalue weighted by molar-refractivity contribution is 5.84. The van der Waals surface area contributed by atoms with Crippen molar-refractivity contribution in [1.29, 1.82) is 0 Å². The van der Waals surface area contributed by atoms with Crippen molar-refractivity contribution in [3.8, 4) is 0 Å². The molecule has 2 aliphatic rings. The molecule has 1 aromatic rings. The van der Waals surface area contributed by atoms with Gasteiger partial charge in [0.1, 0.15) is 0 Å². The van der Waals surface area contributed by atoms with E-state index in [1.807, 2.05) is 6.07 Å². The predicted molar refractivity (Wildman–Crippen MR) is 87.7 cm³/mol. The first-order chi connectivity index (χ1) is 9.85. The molecule has 0 spiro atoms. The van der Waals surface area contributed by atoms with Gasteiger partial charge in [-0.15, -0.1) is 0 Å². The summed E-state index contributed by atoms with van der Waals surface area (Å²) in [6.45, 7) is 10.1. The molecule has 0 bridgehead atoms. The molecule has 0 aliphatic carbocycles. The van der Waals surface area contributed by atoms with E-state index in [2.05, 4.69) is 52.9 Å². The summed E-state index contributed by atoms with van der Waals surface area (Å²) in [5.41, 5.74) is 1.32. The van der Waals surface area contributed by atoms with E-state index in [1.165, 1.54) is 43.9 Å². The smallest absolute Gasteiger partial charge is 0.0989 e. The maximum Gasteiger partial charge on any atom is 0.0989 e. The van der Waals surface area contributed by atoms with Gasteiger partial charge in [-0.25, -0.2) is 0 Å². The van der Waals surface area contributed by atoms with E-state index in [4.69, 9.17) is 0 Å². The average molecular weight is 273 g/mol. The number of fused-ring (bicyclic) bond motifs is 1. The topological polar surface area (TPSA) is 18.8 Å². The Balaban J connectivity index is 0.000000149. The molecule has 110 valence electrons. The van der Waals surface area contributed by atoms with E-state index >= 15 is 0 Å². The quantitative estimate of drug-likeness (QED) is 0.840. The third kappa shape index (κ3) is 3.99. The van der Waals surface area contributed by atoms with Gasteiger partial charge in [-0.3, -0.25) is 4.99 Å². The molecule has 0 radical (unpaired) electrons. The van der Waals surface area contributed by atoms with Crippen molar-refractivity contribution in [2.45, 2.75) is 33.1 Å². The number of nitrogens with zero attached hydrogens (tertiary/aromatic N) is 3. The Hall–Kier alpha value is -1.51. The van der Waals surface area contributed by atoms with E-state index in [0.29, 0.717) is 0 Å². The zero-order valence-electron chi connectivity index (χ0n) is 12.9. The summed E-state index contributed by atoms with van der Waals surface area (Å²) >= 11 is 0. The first-order valence-corrected chi connectivity index (χ1v) is 7.93. The maximum absolute atomic E-state index is 4.43. The summed E-state index contributed by atoms with van der Waals surface area (Å²) in [6.07, 6.45) is 3.84. The van der Waals surface area contributed by atoms with Gasteiger partial charge in [0.15, 0.2) is 0 Å². The molecule has 3 rings (SSSR count). The minimum absolute atomic E-state index is 1.08. The fourth-order valence-electron chi connectivity index (χ4n) is 2.83. The average Bonchev–Trinajstić information content (AvgIpc) is 2.99. The van der Waals surface area contributed by atoms with Crippen molar-refractivity contribution < 1.29 is 0 Å². The standard InChI is InChI=1S/C10H15N.C7H12N2/c1-3-11(4-2)10-8-6-5-7-9-10;1-3-7-8-4-2-6-9(7)5-1/h5-9H,3-4H2,1-2H3;1-6H2. The van der Waals surface area contributed by atoms with E-state index in [9.17, 15) is 0 Å². The molecule has 2 aliphatic heterocycles. The monoisotopic (exact) mass is 273 g/mol. The van der Waals surface area contributed by atoms with E-state index in [-0.39, 0.29) is 0 Å². The summed E-state index contributed by atoms with van der Waals surface area (Å²) in [7, 11) is 0. The number of anilines is 1. The van der Waals surface area contributed by atoms with Crippen molar-refractivity contribution in [3.63, 3.8) is 0 Å². The zero-order chi connectivity index (χ0) is 14.2. The Morgan fingerprint density at radius 2 is 1.75 bits per heavy atom. The Kier molecular flexibility index (Phi) is 5.90. The molecule has 1 fully saturated rings. The lowest BCUT2D eigenvalue weighted by Gasteiger charge is -2.21. The molecule has 1 saturated heterocycles. The van der Waals surface area contributed by atoms with Crippen LogP contribution in [0.15, 0.2) is 35.3 Å². The van der Waals surface area contributed by atoms with Gasteiger partial charge in [0, 0.05) is 44.8 Å². The van der Waals surface area contributed by atoms with Crippen LogP contribution in [0.25, 0.3) is 0 Å². The van der Waals surface area contributed by atoms with Crippen LogP contribution in [0.5, 0.6) is 0 Å². The van der Waals surface area contributed by atoms with Crippen LogP contribution in [-0.4, -0.2) is 43.5 Å². The number of hydrogen-bond acceptors (Lipinski definition) is 3. The van der Waals surface area contributed by atoms with Crippen LogP contribution >= 0.6 is 0 Å². The fraction of sp³-hybridized carbons (Fsp3) is 0.588. The van der Waals surface area contributed by atoms with Crippen LogP contribution in [0.2, 0.25) is 0 Å². The summed E-state index contributed by atoms with van der Waals surface area (Å²) in [5, 5.41) is 0. The first kappa shape index (κ1) is 14.9. The third-order valence-electron chi connectivity index (χ3n) is 3.96. The second kappa shape index (κ2) is 7.93. The van der Waals surface area contributed by atoms with Gasteiger partial charge in [0.05, 0.1) is 5.84 Å². The van der Waals surface area contributed by atoms with Gasteiger partial charge in [-0.1, -0.05) is 18.2 Å². The van der Waals surface area contributed by atoms with Crippen LogP contribution in [0, 0.1) is 0 Å². The fourth-order valence-corrected chi connectivity index (χ4v) is 2.83. The molecular weight excluding hydrogens is 246 g/mol. The zero-order valence-corrected chi connectivity index (χ0v) is 12.9. The van der Waals surface area contributed by atoms with Crippen molar-refractivity contribution in [2.75, 3.05) is 37.6 Å². The number of rotatable bonds is 3.